The highest BCUT2D eigenvalue weighted by atomic mass is 32.1. The van der Waals surface area contributed by atoms with Crippen molar-refractivity contribution in [1.82, 2.24) is 16.0 Å². The Labute approximate surface area is 186 Å². The molecule has 0 bridgehead atoms. The van der Waals surface area contributed by atoms with Gasteiger partial charge in [-0.2, -0.15) is 12.6 Å². The van der Waals surface area contributed by atoms with Crippen molar-refractivity contribution in [3.63, 3.8) is 0 Å². The van der Waals surface area contributed by atoms with Gasteiger partial charge in [-0.3, -0.25) is 19.2 Å². The first kappa shape index (κ1) is 28.6. The average molecular weight is 464 g/mol. The third-order valence-corrected chi connectivity index (χ3v) is 5.08. The molecule has 0 saturated carbocycles. The van der Waals surface area contributed by atoms with Crippen molar-refractivity contribution in [2.24, 2.45) is 17.4 Å². The van der Waals surface area contributed by atoms with Crippen LogP contribution in [-0.4, -0.2) is 75.8 Å². The van der Waals surface area contributed by atoms with Crippen LogP contribution in [0.5, 0.6) is 0 Å². The first-order valence-corrected chi connectivity index (χ1v) is 10.5. The smallest absolute Gasteiger partial charge is 0.326 e. The highest BCUT2D eigenvalue weighted by molar-refractivity contribution is 7.80. The summed E-state index contributed by atoms with van der Waals surface area (Å²) in [7, 11) is 0. The number of hydrogen-bond donors (Lipinski definition) is 8. The molecule has 0 heterocycles. The highest BCUT2D eigenvalue weighted by Gasteiger charge is 2.34. The van der Waals surface area contributed by atoms with E-state index in [4.69, 9.17) is 11.5 Å². The van der Waals surface area contributed by atoms with Crippen LogP contribution in [0, 0.1) is 5.92 Å². The summed E-state index contributed by atoms with van der Waals surface area (Å²) >= 11 is 3.94. The Balaban J connectivity index is 5.43. The van der Waals surface area contributed by atoms with E-state index in [1.54, 1.807) is 13.8 Å². The summed E-state index contributed by atoms with van der Waals surface area (Å²) in [6.07, 6.45) is -1.42. The van der Waals surface area contributed by atoms with Crippen molar-refractivity contribution < 1.29 is 34.2 Å². The second-order valence-corrected chi connectivity index (χ2v) is 7.66. The molecule has 12 nitrogen and oxygen atoms in total. The number of primary amides is 1. The van der Waals surface area contributed by atoms with E-state index in [-0.39, 0.29) is 24.5 Å². The Bertz CT molecular complexity index is 661. The minimum atomic E-state index is -1.51. The molecule has 6 atom stereocenters. The summed E-state index contributed by atoms with van der Waals surface area (Å²) in [4.78, 5) is 59.7. The summed E-state index contributed by atoms with van der Waals surface area (Å²) in [5.41, 5.74) is 10.6. The Morgan fingerprint density at radius 1 is 0.968 bits per heavy atom. The first-order chi connectivity index (χ1) is 14.3. The quantitative estimate of drug-likeness (QED) is 0.128. The molecule has 0 fully saturated rings. The predicted molar refractivity (Wildman–Crippen MR) is 115 cm³/mol. The molecule has 0 aromatic rings. The van der Waals surface area contributed by atoms with Crippen LogP contribution in [0.15, 0.2) is 0 Å². The van der Waals surface area contributed by atoms with Gasteiger partial charge in [0.05, 0.1) is 12.1 Å². The van der Waals surface area contributed by atoms with E-state index in [1.165, 1.54) is 6.92 Å². The van der Waals surface area contributed by atoms with Crippen LogP contribution in [0.1, 0.15) is 40.0 Å². The lowest BCUT2D eigenvalue weighted by Gasteiger charge is -2.28. The number of hydrogen-bond acceptors (Lipinski definition) is 8. The lowest BCUT2D eigenvalue weighted by Crippen LogP contribution is -2.61. The zero-order chi connectivity index (χ0) is 24.3. The van der Waals surface area contributed by atoms with Crippen LogP contribution < -0.4 is 27.4 Å². The van der Waals surface area contributed by atoms with Crippen LogP contribution in [0.4, 0.5) is 0 Å². The molecule has 0 aromatic carbocycles. The summed E-state index contributed by atoms with van der Waals surface area (Å²) in [6, 6.07) is -4.95. The first-order valence-electron chi connectivity index (χ1n) is 9.82. The Kier molecular flexibility index (Phi) is 12.8. The predicted octanol–water partition coefficient (Wildman–Crippen LogP) is -2.53. The minimum Gasteiger partial charge on any atom is -0.480 e. The highest BCUT2D eigenvalue weighted by Crippen LogP contribution is 2.10. The topological polar surface area (TPSA) is 214 Å². The molecule has 13 heteroatoms. The van der Waals surface area contributed by atoms with Gasteiger partial charge in [-0.1, -0.05) is 20.3 Å². The Morgan fingerprint density at radius 2 is 1.48 bits per heavy atom. The number of amides is 4. The molecule has 0 aliphatic heterocycles. The van der Waals surface area contributed by atoms with Gasteiger partial charge in [-0.25, -0.2) is 4.79 Å². The van der Waals surface area contributed by atoms with Crippen molar-refractivity contribution >= 4 is 42.2 Å². The number of thiol groups is 1. The van der Waals surface area contributed by atoms with Gasteiger partial charge in [-0.15, -0.1) is 0 Å². The molecule has 0 radical (unpaired) electrons. The van der Waals surface area contributed by atoms with Gasteiger partial charge in [0.1, 0.15) is 18.1 Å². The van der Waals surface area contributed by atoms with Gasteiger partial charge >= 0.3 is 5.97 Å². The molecule has 0 aromatic heterocycles. The number of carbonyl (C=O) groups excluding carboxylic acids is 4. The molecule has 4 amide bonds. The maximum Gasteiger partial charge on any atom is 0.326 e. The fourth-order valence-corrected chi connectivity index (χ4v) is 2.66. The Hall–Kier alpha value is -2.38. The van der Waals surface area contributed by atoms with Crippen LogP contribution >= 0.6 is 12.6 Å². The van der Waals surface area contributed by atoms with Gasteiger partial charge in [0.25, 0.3) is 0 Å². The van der Waals surface area contributed by atoms with Crippen molar-refractivity contribution in [3.05, 3.63) is 0 Å². The number of aliphatic carboxylic acids is 1. The molecular formula is C18H33N5O7S. The normalized spacial score (nSPS) is 16.7. The second kappa shape index (κ2) is 13.8. The summed E-state index contributed by atoms with van der Waals surface area (Å²) < 4.78 is 0. The fraction of sp³-hybridized carbons (Fsp3) is 0.722. The molecule has 0 saturated heterocycles. The second-order valence-electron chi connectivity index (χ2n) is 7.29. The maximum atomic E-state index is 12.8. The van der Waals surface area contributed by atoms with Crippen molar-refractivity contribution in [3.8, 4) is 0 Å². The Morgan fingerprint density at radius 3 is 1.90 bits per heavy atom. The molecule has 0 spiro atoms. The summed E-state index contributed by atoms with van der Waals surface area (Å²) in [5.74, 6) is -4.76. The standard InChI is InChI=1S/C18H33N5O7S/c1-4-8(2)13(22-15(26)10(19)7-31)16(27)23-14(9(3)24)17(28)21-11(18(29)30)5-6-12(20)25/h8-11,13-14,24,31H,4-7,19H2,1-3H3,(H2,20,25)(H,21,28)(H,22,26)(H,23,27)(H,29,30). The number of aliphatic hydroxyl groups is 1. The van der Waals surface area contributed by atoms with Crippen LogP contribution in [0.25, 0.3) is 0 Å². The molecule has 178 valence electrons. The number of aliphatic hydroxyl groups excluding tert-OH is 1. The van der Waals surface area contributed by atoms with Crippen LogP contribution in [0.3, 0.4) is 0 Å². The summed E-state index contributed by atoms with van der Waals surface area (Å²) in [6.45, 7) is 4.74. The number of carbonyl (C=O) groups is 5. The molecule has 0 rings (SSSR count). The van der Waals surface area contributed by atoms with Crippen molar-refractivity contribution in [2.75, 3.05) is 5.75 Å². The number of rotatable bonds is 14. The number of nitrogens with one attached hydrogen (secondary N) is 3. The van der Waals surface area contributed by atoms with Gasteiger partial charge in [0, 0.05) is 12.2 Å². The van der Waals surface area contributed by atoms with Gasteiger partial charge in [0.15, 0.2) is 0 Å². The lowest BCUT2D eigenvalue weighted by molar-refractivity contribution is -0.143. The van der Waals surface area contributed by atoms with E-state index in [2.05, 4.69) is 28.6 Å². The maximum absolute atomic E-state index is 12.8. The average Bonchev–Trinajstić information content (AvgIpc) is 2.70. The van der Waals surface area contributed by atoms with E-state index in [1.807, 2.05) is 0 Å². The van der Waals surface area contributed by atoms with Gasteiger partial charge < -0.3 is 37.6 Å². The third kappa shape index (κ3) is 9.98. The van der Waals surface area contributed by atoms with Crippen molar-refractivity contribution in [1.29, 1.82) is 0 Å². The van der Waals surface area contributed by atoms with Crippen LogP contribution in [0.2, 0.25) is 0 Å². The monoisotopic (exact) mass is 463 g/mol. The molecule has 6 unspecified atom stereocenters. The van der Waals surface area contributed by atoms with E-state index >= 15 is 0 Å². The molecule has 31 heavy (non-hydrogen) atoms. The van der Waals surface area contributed by atoms with Gasteiger partial charge in [0.2, 0.25) is 23.6 Å². The number of carboxylic acids is 1. The SMILES string of the molecule is CCC(C)C(NC(=O)C(N)CS)C(=O)NC(C(=O)NC(CCC(N)=O)C(=O)O)C(C)O. The zero-order valence-electron chi connectivity index (χ0n) is 17.8. The molecule has 0 aliphatic rings. The third-order valence-electron chi connectivity index (χ3n) is 4.68. The molecule has 0 aliphatic carbocycles. The lowest BCUT2D eigenvalue weighted by atomic mass is 9.97. The summed E-state index contributed by atoms with van der Waals surface area (Å²) in [5, 5.41) is 26.2. The van der Waals surface area contributed by atoms with Crippen LogP contribution in [-0.2, 0) is 24.0 Å². The van der Waals surface area contributed by atoms with E-state index in [0.717, 1.165) is 0 Å². The number of nitrogens with two attached hydrogens (primary N) is 2. The van der Waals surface area contributed by atoms with Gasteiger partial charge in [-0.05, 0) is 19.3 Å². The van der Waals surface area contributed by atoms with Crippen molar-refractivity contribution in [2.45, 2.75) is 70.3 Å². The van der Waals surface area contributed by atoms with E-state index in [0.29, 0.717) is 6.42 Å². The fourth-order valence-electron chi connectivity index (χ4n) is 2.50. The number of carboxylic acid groups (broad SMARTS) is 1. The minimum absolute atomic E-state index is 0.0568. The van der Waals surface area contributed by atoms with E-state index < -0.39 is 59.9 Å². The largest absolute Gasteiger partial charge is 0.480 e. The molecular weight excluding hydrogens is 430 g/mol. The van der Waals surface area contributed by atoms with E-state index in [9.17, 15) is 34.2 Å². The molecule has 9 N–H and O–H groups in total. The zero-order valence-corrected chi connectivity index (χ0v) is 18.7.